The summed E-state index contributed by atoms with van der Waals surface area (Å²) < 4.78 is 0. The SMILES string of the molecule is CCN1CCCC1C(C)(C)ON. The zero-order valence-corrected chi connectivity index (χ0v) is 8.34. The minimum Gasteiger partial charge on any atom is -0.298 e. The Bertz CT molecular complexity index is 147. The minimum atomic E-state index is -0.202. The molecule has 2 N–H and O–H groups in total. The zero-order chi connectivity index (χ0) is 9.19. The van der Waals surface area contributed by atoms with Crippen LogP contribution in [0.25, 0.3) is 0 Å². The zero-order valence-electron chi connectivity index (χ0n) is 8.34. The molecule has 1 saturated heterocycles. The summed E-state index contributed by atoms with van der Waals surface area (Å²) in [4.78, 5) is 7.45. The van der Waals surface area contributed by atoms with Crippen LogP contribution in [0.5, 0.6) is 0 Å². The molecule has 0 aromatic rings. The van der Waals surface area contributed by atoms with Crippen LogP contribution in [0.2, 0.25) is 0 Å². The van der Waals surface area contributed by atoms with Crippen molar-refractivity contribution in [2.75, 3.05) is 13.1 Å². The average molecular weight is 172 g/mol. The number of rotatable bonds is 3. The van der Waals surface area contributed by atoms with Gasteiger partial charge in [-0.1, -0.05) is 6.92 Å². The first-order valence-corrected chi connectivity index (χ1v) is 4.73. The van der Waals surface area contributed by atoms with Crippen LogP contribution in [-0.2, 0) is 4.84 Å². The monoisotopic (exact) mass is 172 g/mol. The Morgan fingerprint density at radius 1 is 1.58 bits per heavy atom. The van der Waals surface area contributed by atoms with Gasteiger partial charge in [0.25, 0.3) is 0 Å². The van der Waals surface area contributed by atoms with E-state index in [9.17, 15) is 0 Å². The molecule has 0 saturated carbocycles. The van der Waals surface area contributed by atoms with Gasteiger partial charge < -0.3 is 0 Å². The number of nitrogens with zero attached hydrogens (tertiary/aromatic N) is 1. The van der Waals surface area contributed by atoms with Crippen LogP contribution in [-0.4, -0.2) is 29.6 Å². The van der Waals surface area contributed by atoms with Gasteiger partial charge in [-0.3, -0.25) is 9.74 Å². The van der Waals surface area contributed by atoms with E-state index >= 15 is 0 Å². The second-order valence-corrected chi connectivity index (χ2v) is 4.01. The number of hydrogen-bond acceptors (Lipinski definition) is 3. The highest BCUT2D eigenvalue weighted by atomic mass is 16.6. The number of hydrogen-bond donors (Lipinski definition) is 1. The smallest absolute Gasteiger partial charge is 0.0992 e. The van der Waals surface area contributed by atoms with E-state index in [1.54, 1.807) is 0 Å². The maximum atomic E-state index is 5.28. The van der Waals surface area contributed by atoms with Crippen LogP contribution >= 0.6 is 0 Å². The van der Waals surface area contributed by atoms with Crippen molar-refractivity contribution in [1.82, 2.24) is 4.90 Å². The molecule has 0 aromatic carbocycles. The quantitative estimate of drug-likeness (QED) is 0.649. The summed E-state index contributed by atoms with van der Waals surface area (Å²) in [5.74, 6) is 5.28. The molecule has 0 bridgehead atoms. The van der Waals surface area contributed by atoms with Crippen molar-refractivity contribution in [3.63, 3.8) is 0 Å². The van der Waals surface area contributed by atoms with Crippen LogP contribution in [0, 0.1) is 0 Å². The summed E-state index contributed by atoms with van der Waals surface area (Å²) in [5.41, 5.74) is -0.202. The maximum Gasteiger partial charge on any atom is 0.0992 e. The molecule has 0 amide bonds. The second kappa shape index (κ2) is 3.73. The van der Waals surface area contributed by atoms with E-state index in [1.165, 1.54) is 19.4 Å². The molecule has 1 unspecified atom stereocenters. The Kier molecular flexibility index (Phi) is 3.09. The Hall–Kier alpha value is -0.120. The van der Waals surface area contributed by atoms with Crippen LogP contribution in [0.1, 0.15) is 33.6 Å². The standard InChI is InChI=1S/C9H20N2O/c1-4-11-7-5-6-8(11)9(2,3)12-10/h8H,4-7,10H2,1-3H3. The fourth-order valence-electron chi connectivity index (χ4n) is 2.07. The van der Waals surface area contributed by atoms with Crippen LogP contribution in [0.15, 0.2) is 0 Å². The van der Waals surface area contributed by atoms with Crippen LogP contribution < -0.4 is 5.90 Å². The highest BCUT2D eigenvalue weighted by molar-refractivity contribution is 4.91. The fraction of sp³-hybridized carbons (Fsp3) is 1.00. The lowest BCUT2D eigenvalue weighted by atomic mass is 9.96. The van der Waals surface area contributed by atoms with Gasteiger partial charge in [0.1, 0.15) is 0 Å². The molecule has 3 heteroatoms. The third-order valence-electron chi connectivity index (χ3n) is 2.88. The van der Waals surface area contributed by atoms with Crippen molar-refractivity contribution in [3.05, 3.63) is 0 Å². The normalized spacial score (nSPS) is 26.5. The summed E-state index contributed by atoms with van der Waals surface area (Å²) >= 11 is 0. The van der Waals surface area contributed by atoms with Gasteiger partial charge in [-0.25, -0.2) is 5.90 Å². The van der Waals surface area contributed by atoms with Crippen LogP contribution in [0.4, 0.5) is 0 Å². The number of likely N-dealkylation sites (tertiary alicyclic amines) is 1. The van der Waals surface area contributed by atoms with E-state index in [1.807, 2.05) is 0 Å². The van der Waals surface area contributed by atoms with Crippen molar-refractivity contribution in [2.24, 2.45) is 5.90 Å². The number of likely N-dealkylation sites (N-methyl/N-ethyl adjacent to an activating group) is 1. The Labute approximate surface area is 74.8 Å². The van der Waals surface area contributed by atoms with E-state index in [0.29, 0.717) is 6.04 Å². The van der Waals surface area contributed by atoms with Crippen molar-refractivity contribution in [3.8, 4) is 0 Å². The molecule has 0 aromatic heterocycles. The Morgan fingerprint density at radius 2 is 2.25 bits per heavy atom. The minimum absolute atomic E-state index is 0.202. The average Bonchev–Trinajstić information content (AvgIpc) is 2.52. The van der Waals surface area contributed by atoms with E-state index < -0.39 is 0 Å². The summed E-state index contributed by atoms with van der Waals surface area (Å²) in [6.07, 6.45) is 2.48. The van der Waals surface area contributed by atoms with Crippen molar-refractivity contribution in [2.45, 2.75) is 45.3 Å². The van der Waals surface area contributed by atoms with Gasteiger partial charge in [0, 0.05) is 6.04 Å². The third kappa shape index (κ3) is 1.79. The van der Waals surface area contributed by atoms with Crippen molar-refractivity contribution in [1.29, 1.82) is 0 Å². The molecule has 0 aliphatic carbocycles. The van der Waals surface area contributed by atoms with Gasteiger partial charge in [0.05, 0.1) is 5.60 Å². The summed E-state index contributed by atoms with van der Waals surface area (Å²) in [7, 11) is 0. The van der Waals surface area contributed by atoms with E-state index in [0.717, 1.165) is 6.54 Å². The largest absolute Gasteiger partial charge is 0.298 e. The number of nitrogens with two attached hydrogens (primary N) is 1. The molecule has 3 nitrogen and oxygen atoms in total. The molecule has 1 fully saturated rings. The lowest BCUT2D eigenvalue weighted by Crippen LogP contribution is -2.48. The van der Waals surface area contributed by atoms with Crippen molar-refractivity contribution < 1.29 is 4.84 Å². The third-order valence-corrected chi connectivity index (χ3v) is 2.88. The van der Waals surface area contributed by atoms with Crippen LogP contribution in [0.3, 0.4) is 0 Å². The topological polar surface area (TPSA) is 38.5 Å². The predicted molar refractivity (Wildman–Crippen MR) is 49.6 cm³/mol. The highest BCUT2D eigenvalue weighted by Gasteiger charge is 2.37. The summed E-state index contributed by atoms with van der Waals surface area (Å²) in [6, 6.07) is 0.493. The Balaban J connectivity index is 2.60. The van der Waals surface area contributed by atoms with Crippen molar-refractivity contribution >= 4 is 0 Å². The van der Waals surface area contributed by atoms with E-state index in [4.69, 9.17) is 10.7 Å². The second-order valence-electron chi connectivity index (χ2n) is 4.01. The molecule has 1 aliphatic heterocycles. The fourth-order valence-corrected chi connectivity index (χ4v) is 2.07. The maximum absolute atomic E-state index is 5.28. The molecule has 72 valence electrons. The predicted octanol–water partition coefficient (Wildman–Crippen LogP) is 1.14. The first-order chi connectivity index (χ1) is 5.61. The van der Waals surface area contributed by atoms with Gasteiger partial charge in [0.15, 0.2) is 0 Å². The lowest BCUT2D eigenvalue weighted by Gasteiger charge is -2.35. The van der Waals surface area contributed by atoms with Gasteiger partial charge in [0.2, 0.25) is 0 Å². The van der Waals surface area contributed by atoms with Gasteiger partial charge in [-0.05, 0) is 39.8 Å². The van der Waals surface area contributed by atoms with Gasteiger partial charge >= 0.3 is 0 Å². The molecule has 1 rings (SSSR count). The molecule has 1 atom stereocenters. The molecule has 12 heavy (non-hydrogen) atoms. The Morgan fingerprint density at radius 3 is 2.75 bits per heavy atom. The molecule has 1 aliphatic rings. The first-order valence-electron chi connectivity index (χ1n) is 4.73. The molecule has 0 spiro atoms. The molecular formula is C9H20N2O. The summed E-state index contributed by atoms with van der Waals surface area (Å²) in [6.45, 7) is 8.59. The van der Waals surface area contributed by atoms with Gasteiger partial charge in [-0.15, -0.1) is 0 Å². The van der Waals surface area contributed by atoms with Gasteiger partial charge in [-0.2, -0.15) is 0 Å². The molecule has 0 radical (unpaired) electrons. The van der Waals surface area contributed by atoms with E-state index in [-0.39, 0.29) is 5.60 Å². The highest BCUT2D eigenvalue weighted by Crippen LogP contribution is 2.27. The van der Waals surface area contributed by atoms with E-state index in [2.05, 4.69) is 25.7 Å². The molecule has 1 heterocycles. The molecular weight excluding hydrogens is 152 g/mol. The summed E-state index contributed by atoms with van der Waals surface area (Å²) in [5, 5.41) is 0. The lowest BCUT2D eigenvalue weighted by molar-refractivity contribution is -0.0700. The first kappa shape index (κ1) is 9.96.